The number of carbonyl (C=O) groups excluding carboxylic acids is 2. The fourth-order valence-corrected chi connectivity index (χ4v) is 5.06. The predicted molar refractivity (Wildman–Crippen MR) is 151 cm³/mol. The second-order valence-electron chi connectivity index (χ2n) is 8.92. The van der Waals surface area contributed by atoms with Crippen LogP contribution in [0.5, 0.6) is 0 Å². The summed E-state index contributed by atoms with van der Waals surface area (Å²) in [5, 5.41) is 3.71. The molecular weight excluding hydrogens is 488 g/mol. The van der Waals surface area contributed by atoms with Crippen LogP contribution >= 0.6 is 23.4 Å². The van der Waals surface area contributed by atoms with Crippen LogP contribution in [0.25, 0.3) is 0 Å². The molecular formula is C30H35ClN2O2S. The summed E-state index contributed by atoms with van der Waals surface area (Å²) in [6.45, 7) is 5.13. The molecule has 0 spiro atoms. The number of aryl methyl sites for hydroxylation is 1. The Labute approximate surface area is 224 Å². The van der Waals surface area contributed by atoms with E-state index in [1.54, 1.807) is 16.7 Å². The van der Waals surface area contributed by atoms with Crippen LogP contribution in [-0.2, 0) is 28.3 Å². The maximum absolute atomic E-state index is 13.7. The van der Waals surface area contributed by atoms with Crippen molar-refractivity contribution in [2.24, 2.45) is 0 Å². The average molecular weight is 523 g/mol. The van der Waals surface area contributed by atoms with Gasteiger partial charge in [0.1, 0.15) is 6.04 Å². The van der Waals surface area contributed by atoms with E-state index in [1.165, 1.54) is 11.1 Å². The van der Waals surface area contributed by atoms with E-state index >= 15 is 0 Å². The molecule has 1 atom stereocenters. The molecule has 6 heteroatoms. The molecule has 0 aliphatic rings. The Kier molecular flexibility index (Phi) is 11.4. The number of nitrogens with one attached hydrogen (secondary N) is 1. The SMILES string of the molecule is CCCCNC(=O)C(Cc1ccccc1)N(Cc1ccc(Cl)cc1)C(=O)CSCc1ccccc1C. The summed E-state index contributed by atoms with van der Waals surface area (Å²) in [5.41, 5.74) is 4.40. The van der Waals surface area contributed by atoms with Crippen LogP contribution in [0.2, 0.25) is 5.02 Å². The largest absolute Gasteiger partial charge is 0.354 e. The van der Waals surface area contributed by atoms with Crippen molar-refractivity contribution in [2.75, 3.05) is 12.3 Å². The Morgan fingerprint density at radius 2 is 1.64 bits per heavy atom. The summed E-state index contributed by atoms with van der Waals surface area (Å²) in [6, 6.07) is 25.0. The van der Waals surface area contributed by atoms with Gasteiger partial charge in [0.2, 0.25) is 11.8 Å². The van der Waals surface area contributed by atoms with Crippen molar-refractivity contribution in [1.82, 2.24) is 10.2 Å². The van der Waals surface area contributed by atoms with E-state index in [2.05, 4.69) is 31.3 Å². The number of halogens is 1. The maximum atomic E-state index is 13.7. The van der Waals surface area contributed by atoms with Crippen LogP contribution < -0.4 is 5.32 Å². The fourth-order valence-electron chi connectivity index (χ4n) is 3.95. The molecule has 0 aliphatic carbocycles. The highest BCUT2D eigenvalue weighted by molar-refractivity contribution is 7.99. The number of nitrogens with zero attached hydrogens (tertiary/aromatic N) is 1. The van der Waals surface area contributed by atoms with Gasteiger partial charge in [-0.25, -0.2) is 0 Å². The molecule has 2 amide bonds. The molecule has 0 heterocycles. The Bertz CT molecular complexity index is 1110. The Morgan fingerprint density at radius 1 is 0.944 bits per heavy atom. The number of thioether (sulfide) groups is 1. The lowest BCUT2D eigenvalue weighted by molar-refractivity contribution is -0.139. The lowest BCUT2D eigenvalue weighted by Crippen LogP contribution is -2.51. The zero-order chi connectivity index (χ0) is 25.8. The molecule has 0 aromatic heterocycles. The van der Waals surface area contributed by atoms with Crippen LogP contribution in [-0.4, -0.2) is 35.1 Å². The van der Waals surface area contributed by atoms with E-state index in [0.717, 1.165) is 29.7 Å². The van der Waals surface area contributed by atoms with Crippen molar-refractivity contribution in [1.29, 1.82) is 0 Å². The van der Waals surface area contributed by atoms with E-state index in [4.69, 9.17) is 11.6 Å². The standard InChI is InChI=1S/C30H35ClN2O2S/c1-3-4-18-32-30(35)28(19-24-11-6-5-7-12-24)33(20-25-14-16-27(31)17-15-25)29(34)22-36-21-26-13-9-8-10-23(26)2/h5-17,28H,3-4,18-22H2,1-2H3,(H,32,35). The minimum atomic E-state index is -0.605. The van der Waals surface area contributed by atoms with Crippen LogP contribution in [0.15, 0.2) is 78.9 Å². The fraction of sp³-hybridized carbons (Fsp3) is 0.333. The molecule has 0 fully saturated rings. The molecule has 36 heavy (non-hydrogen) atoms. The van der Waals surface area contributed by atoms with Crippen LogP contribution in [0.4, 0.5) is 0 Å². The highest BCUT2D eigenvalue weighted by Crippen LogP contribution is 2.20. The van der Waals surface area contributed by atoms with Crippen molar-refractivity contribution in [2.45, 2.75) is 51.4 Å². The van der Waals surface area contributed by atoms with E-state index in [-0.39, 0.29) is 11.8 Å². The van der Waals surface area contributed by atoms with E-state index < -0.39 is 6.04 Å². The highest BCUT2D eigenvalue weighted by atomic mass is 35.5. The predicted octanol–water partition coefficient (Wildman–Crippen LogP) is 6.44. The quantitative estimate of drug-likeness (QED) is 0.263. The summed E-state index contributed by atoms with van der Waals surface area (Å²) in [6.07, 6.45) is 2.36. The zero-order valence-corrected chi connectivity index (χ0v) is 22.7. The lowest BCUT2D eigenvalue weighted by Gasteiger charge is -2.31. The van der Waals surface area contributed by atoms with E-state index in [0.29, 0.717) is 30.3 Å². The maximum Gasteiger partial charge on any atom is 0.243 e. The number of amides is 2. The second-order valence-corrected chi connectivity index (χ2v) is 10.3. The van der Waals surface area contributed by atoms with E-state index in [9.17, 15) is 9.59 Å². The Balaban J connectivity index is 1.83. The van der Waals surface area contributed by atoms with Gasteiger partial charge in [-0.3, -0.25) is 9.59 Å². The van der Waals surface area contributed by atoms with Gasteiger partial charge in [-0.05, 0) is 47.7 Å². The van der Waals surface area contributed by atoms with E-state index in [1.807, 2.05) is 66.7 Å². The van der Waals surface area contributed by atoms with Gasteiger partial charge in [0.05, 0.1) is 5.75 Å². The van der Waals surface area contributed by atoms with Gasteiger partial charge in [0, 0.05) is 30.3 Å². The molecule has 3 aromatic rings. The normalized spacial score (nSPS) is 11.6. The lowest BCUT2D eigenvalue weighted by atomic mass is 10.0. The minimum absolute atomic E-state index is 0.0462. The molecule has 3 rings (SSSR count). The highest BCUT2D eigenvalue weighted by Gasteiger charge is 2.30. The number of hydrogen-bond donors (Lipinski definition) is 1. The number of unbranched alkanes of at least 4 members (excludes halogenated alkanes) is 1. The van der Waals surface area contributed by atoms with Crippen molar-refractivity contribution < 1.29 is 9.59 Å². The molecule has 1 unspecified atom stereocenters. The third-order valence-electron chi connectivity index (χ3n) is 6.11. The van der Waals surface area contributed by atoms with Crippen LogP contribution in [0.3, 0.4) is 0 Å². The molecule has 3 aromatic carbocycles. The second kappa shape index (κ2) is 14.7. The van der Waals surface area contributed by atoms with Crippen molar-refractivity contribution in [3.05, 3.63) is 106 Å². The van der Waals surface area contributed by atoms with Gasteiger partial charge in [-0.2, -0.15) is 0 Å². The molecule has 0 radical (unpaired) electrons. The first kappa shape index (κ1) is 27.8. The summed E-state index contributed by atoms with van der Waals surface area (Å²) in [7, 11) is 0. The summed E-state index contributed by atoms with van der Waals surface area (Å²) < 4.78 is 0. The number of benzene rings is 3. The molecule has 0 aliphatic heterocycles. The van der Waals surface area contributed by atoms with Gasteiger partial charge < -0.3 is 10.2 Å². The van der Waals surface area contributed by atoms with Crippen molar-refractivity contribution >= 4 is 35.2 Å². The Hall–Kier alpha value is -2.76. The molecule has 4 nitrogen and oxygen atoms in total. The topological polar surface area (TPSA) is 49.4 Å². The number of hydrogen-bond acceptors (Lipinski definition) is 3. The van der Waals surface area contributed by atoms with Crippen LogP contribution in [0, 0.1) is 6.92 Å². The van der Waals surface area contributed by atoms with Crippen molar-refractivity contribution in [3.8, 4) is 0 Å². The summed E-state index contributed by atoms with van der Waals surface area (Å²) in [4.78, 5) is 28.8. The smallest absolute Gasteiger partial charge is 0.243 e. The monoisotopic (exact) mass is 522 g/mol. The third-order valence-corrected chi connectivity index (χ3v) is 7.33. The summed E-state index contributed by atoms with van der Waals surface area (Å²) in [5.74, 6) is 0.892. The molecule has 0 saturated carbocycles. The third kappa shape index (κ3) is 8.72. The minimum Gasteiger partial charge on any atom is -0.354 e. The van der Waals surface area contributed by atoms with Gasteiger partial charge in [-0.1, -0.05) is 91.7 Å². The van der Waals surface area contributed by atoms with Crippen molar-refractivity contribution in [3.63, 3.8) is 0 Å². The molecule has 0 saturated heterocycles. The number of rotatable bonds is 13. The van der Waals surface area contributed by atoms with Gasteiger partial charge in [-0.15, -0.1) is 11.8 Å². The summed E-state index contributed by atoms with van der Waals surface area (Å²) >= 11 is 7.68. The molecule has 0 bridgehead atoms. The molecule has 1 N–H and O–H groups in total. The Morgan fingerprint density at radius 3 is 2.33 bits per heavy atom. The first-order valence-corrected chi connectivity index (χ1v) is 14.0. The first-order valence-electron chi connectivity index (χ1n) is 12.5. The van der Waals surface area contributed by atoms with Gasteiger partial charge >= 0.3 is 0 Å². The molecule has 190 valence electrons. The number of carbonyl (C=O) groups is 2. The first-order chi connectivity index (χ1) is 17.5. The van der Waals surface area contributed by atoms with Gasteiger partial charge in [0.15, 0.2) is 0 Å². The zero-order valence-electron chi connectivity index (χ0n) is 21.1. The average Bonchev–Trinajstić information content (AvgIpc) is 2.89. The van der Waals surface area contributed by atoms with Gasteiger partial charge in [0.25, 0.3) is 0 Å². The van der Waals surface area contributed by atoms with Crippen LogP contribution in [0.1, 0.15) is 42.0 Å².